The van der Waals surface area contributed by atoms with Gasteiger partial charge in [-0.1, -0.05) is 37.3 Å². The Bertz CT molecular complexity index is 432. The van der Waals surface area contributed by atoms with Crippen LogP contribution in [0.25, 0.3) is 0 Å². The van der Waals surface area contributed by atoms with Crippen molar-refractivity contribution in [2.75, 3.05) is 6.54 Å². The summed E-state index contributed by atoms with van der Waals surface area (Å²) < 4.78 is 0. The summed E-state index contributed by atoms with van der Waals surface area (Å²) in [7, 11) is 0. The van der Waals surface area contributed by atoms with Crippen molar-refractivity contribution in [2.45, 2.75) is 52.0 Å². The Morgan fingerprint density at radius 2 is 1.89 bits per heavy atom. The summed E-state index contributed by atoms with van der Waals surface area (Å²) in [6.07, 6.45) is 1.81. The minimum atomic E-state index is -0.0725. The van der Waals surface area contributed by atoms with E-state index in [1.807, 2.05) is 6.92 Å². The van der Waals surface area contributed by atoms with Crippen LogP contribution in [-0.4, -0.2) is 22.9 Å². The van der Waals surface area contributed by atoms with Crippen molar-refractivity contribution in [2.24, 2.45) is 5.92 Å². The van der Waals surface area contributed by atoms with Gasteiger partial charge in [-0.2, -0.15) is 0 Å². The molecule has 2 unspecified atom stereocenters. The molecule has 0 N–H and O–H groups in total. The molecule has 1 aliphatic rings. The van der Waals surface area contributed by atoms with Crippen LogP contribution in [0.15, 0.2) is 30.3 Å². The third kappa shape index (κ3) is 3.37. The lowest BCUT2D eigenvalue weighted by Gasteiger charge is -2.36. The molecule has 0 radical (unpaired) electrons. The predicted molar refractivity (Wildman–Crippen MR) is 79.0 cm³/mol. The quantitative estimate of drug-likeness (QED) is 0.804. The second kappa shape index (κ2) is 5.36. The number of carbonyl (C=O) groups excluding carboxylic acids is 1. The molecule has 2 rings (SSSR count). The molecule has 1 aliphatic carbocycles. The fourth-order valence-corrected chi connectivity index (χ4v) is 2.73. The van der Waals surface area contributed by atoms with Crippen LogP contribution in [-0.2, 0) is 4.79 Å². The zero-order chi connectivity index (χ0) is 14.0. The normalized spacial score (nSPS) is 22.1. The van der Waals surface area contributed by atoms with E-state index in [0.717, 1.165) is 6.54 Å². The van der Waals surface area contributed by atoms with Gasteiger partial charge in [0.2, 0.25) is 5.91 Å². The first-order valence-electron chi connectivity index (χ1n) is 7.29. The van der Waals surface area contributed by atoms with Gasteiger partial charge in [-0.05, 0) is 44.6 Å². The highest BCUT2D eigenvalue weighted by atomic mass is 16.2. The smallest absolute Gasteiger partial charge is 0.222 e. The summed E-state index contributed by atoms with van der Waals surface area (Å²) in [5.74, 6) is 1.55. The summed E-state index contributed by atoms with van der Waals surface area (Å²) >= 11 is 0. The van der Waals surface area contributed by atoms with Gasteiger partial charge in [0.05, 0.1) is 0 Å². The van der Waals surface area contributed by atoms with Crippen molar-refractivity contribution >= 4 is 5.91 Å². The SMILES string of the molecule is CCC(=O)N(CC1CC1c1ccccc1)C(C)(C)C. The molecule has 0 heterocycles. The molecule has 1 amide bonds. The molecular formula is C17H25NO. The van der Waals surface area contributed by atoms with E-state index in [2.05, 4.69) is 56.0 Å². The Balaban J connectivity index is 2.00. The topological polar surface area (TPSA) is 20.3 Å². The highest BCUT2D eigenvalue weighted by molar-refractivity contribution is 5.76. The van der Waals surface area contributed by atoms with Crippen molar-refractivity contribution < 1.29 is 4.79 Å². The Labute approximate surface area is 116 Å². The number of nitrogens with zero attached hydrogens (tertiary/aromatic N) is 1. The van der Waals surface area contributed by atoms with Gasteiger partial charge in [-0.15, -0.1) is 0 Å². The number of hydrogen-bond acceptors (Lipinski definition) is 1. The molecule has 1 fully saturated rings. The number of amides is 1. The summed E-state index contributed by atoms with van der Waals surface area (Å²) in [6.45, 7) is 9.22. The van der Waals surface area contributed by atoms with Crippen LogP contribution in [0.4, 0.5) is 0 Å². The highest BCUT2D eigenvalue weighted by Crippen LogP contribution is 2.48. The Kier molecular flexibility index (Phi) is 3.98. The Hall–Kier alpha value is -1.31. The molecule has 104 valence electrons. The lowest BCUT2D eigenvalue weighted by Crippen LogP contribution is -2.46. The maximum Gasteiger partial charge on any atom is 0.222 e. The molecule has 1 aromatic rings. The van der Waals surface area contributed by atoms with Crippen LogP contribution in [0.2, 0.25) is 0 Å². The van der Waals surface area contributed by atoms with Gasteiger partial charge in [0.1, 0.15) is 0 Å². The molecule has 0 bridgehead atoms. The standard InChI is InChI=1S/C17H25NO/c1-5-16(19)18(17(2,3)4)12-14-11-15(14)13-9-7-6-8-10-13/h6-10,14-15H,5,11-12H2,1-4H3. The van der Waals surface area contributed by atoms with Crippen molar-refractivity contribution in [1.29, 1.82) is 0 Å². The van der Waals surface area contributed by atoms with Crippen LogP contribution in [0.1, 0.15) is 52.0 Å². The zero-order valence-corrected chi connectivity index (χ0v) is 12.5. The Morgan fingerprint density at radius 3 is 2.42 bits per heavy atom. The van der Waals surface area contributed by atoms with Gasteiger partial charge < -0.3 is 4.90 Å². The molecule has 1 saturated carbocycles. The largest absolute Gasteiger partial charge is 0.338 e. The fourth-order valence-electron chi connectivity index (χ4n) is 2.73. The van der Waals surface area contributed by atoms with E-state index in [9.17, 15) is 4.79 Å². The first kappa shape index (κ1) is 14.1. The lowest BCUT2D eigenvalue weighted by molar-refractivity contribution is -0.135. The third-order valence-corrected chi connectivity index (χ3v) is 3.98. The van der Waals surface area contributed by atoms with E-state index in [0.29, 0.717) is 18.3 Å². The van der Waals surface area contributed by atoms with Gasteiger partial charge in [-0.3, -0.25) is 4.79 Å². The monoisotopic (exact) mass is 259 g/mol. The third-order valence-electron chi connectivity index (χ3n) is 3.98. The van der Waals surface area contributed by atoms with Crippen molar-refractivity contribution in [3.05, 3.63) is 35.9 Å². The first-order chi connectivity index (χ1) is 8.93. The van der Waals surface area contributed by atoms with Crippen molar-refractivity contribution in [3.63, 3.8) is 0 Å². The molecule has 0 saturated heterocycles. The second-order valence-electron chi connectivity index (χ2n) is 6.54. The van der Waals surface area contributed by atoms with Crippen LogP contribution in [0.3, 0.4) is 0 Å². The fraction of sp³-hybridized carbons (Fsp3) is 0.588. The minimum Gasteiger partial charge on any atom is -0.338 e. The molecule has 19 heavy (non-hydrogen) atoms. The molecule has 2 atom stereocenters. The highest BCUT2D eigenvalue weighted by Gasteiger charge is 2.41. The van der Waals surface area contributed by atoms with Crippen molar-refractivity contribution in [1.82, 2.24) is 4.90 Å². The van der Waals surface area contributed by atoms with E-state index in [-0.39, 0.29) is 11.4 Å². The number of benzene rings is 1. The van der Waals surface area contributed by atoms with Gasteiger partial charge >= 0.3 is 0 Å². The van der Waals surface area contributed by atoms with Gasteiger partial charge in [0.15, 0.2) is 0 Å². The maximum absolute atomic E-state index is 12.1. The van der Waals surface area contributed by atoms with E-state index >= 15 is 0 Å². The van der Waals surface area contributed by atoms with E-state index in [4.69, 9.17) is 0 Å². The van der Waals surface area contributed by atoms with Crippen molar-refractivity contribution in [3.8, 4) is 0 Å². The number of hydrogen-bond donors (Lipinski definition) is 0. The molecule has 2 nitrogen and oxygen atoms in total. The summed E-state index contributed by atoms with van der Waals surface area (Å²) in [5.41, 5.74) is 1.35. The molecule has 0 aromatic heterocycles. The summed E-state index contributed by atoms with van der Waals surface area (Å²) in [5, 5.41) is 0. The lowest BCUT2D eigenvalue weighted by atomic mass is 10.0. The minimum absolute atomic E-state index is 0.0725. The van der Waals surface area contributed by atoms with Gasteiger partial charge in [0, 0.05) is 18.5 Å². The second-order valence-corrected chi connectivity index (χ2v) is 6.54. The van der Waals surface area contributed by atoms with E-state index in [1.54, 1.807) is 0 Å². The van der Waals surface area contributed by atoms with Crippen LogP contribution >= 0.6 is 0 Å². The average Bonchev–Trinajstić information content (AvgIpc) is 3.14. The van der Waals surface area contributed by atoms with Crippen LogP contribution in [0.5, 0.6) is 0 Å². The molecule has 0 spiro atoms. The summed E-state index contributed by atoms with van der Waals surface area (Å²) in [4.78, 5) is 14.1. The van der Waals surface area contributed by atoms with Gasteiger partial charge in [0.25, 0.3) is 0 Å². The molecule has 2 heteroatoms. The Morgan fingerprint density at radius 1 is 1.26 bits per heavy atom. The van der Waals surface area contributed by atoms with E-state index < -0.39 is 0 Å². The van der Waals surface area contributed by atoms with Gasteiger partial charge in [-0.25, -0.2) is 0 Å². The first-order valence-corrected chi connectivity index (χ1v) is 7.29. The zero-order valence-electron chi connectivity index (χ0n) is 12.5. The predicted octanol–water partition coefficient (Wildman–Crippen LogP) is 3.83. The maximum atomic E-state index is 12.1. The number of carbonyl (C=O) groups is 1. The molecule has 0 aliphatic heterocycles. The number of rotatable bonds is 4. The molecular weight excluding hydrogens is 234 g/mol. The molecule has 1 aromatic carbocycles. The van der Waals surface area contributed by atoms with Crippen LogP contribution < -0.4 is 0 Å². The summed E-state index contributed by atoms with van der Waals surface area (Å²) in [6, 6.07) is 10.7. The average molecular weight is 259 g/mol. The van der Waals surface area contributed by atoms with E-state index in [1.165, 1.54) is 12.0 Å². The van der Waals surface area contributed by atoms with Crippen LogP contribution in [0, 0.1) is 5.92 Å².